The largest absolute Gasteiger partial charge is 0.0654 e. The van der Waals surface area contributed by atoms with Crippen LogP contribution in [0.15, 0.2) is 0 Å². The average molecular weight is 1100 g/mol. The van der Waals surface area contributed by atoms with Crippen molar-refractivity contribution < 1.29 is 0 Å². The Balaban J connectivity index is -0.0000000691. The molecule has 3 atom stereocenters. The molecular formula is C77H176. The van der Waals surface area contributed by atoms with E-state index in [1.54, 1.807) is 0 Å². The monoisotopic (exact) mass is 1100 g/mol. The van der Waals surface area contributed by atoms with Crippen LogP contribution in [0.3, 0.4) is 0 Å². The van der Waals surface area contributed by atoms with E-state index in [1.807, 2.05) is 0 Å². The van der Waals surface area contributed by atoms with Gasteiger partial charge in [-0.2, -0.15) is 0 Å². The lowest BCUT2D eigenvalue weighted by Gasteiger charge is -2.22. The maximum atomic E-state index is 2.31. The molecule has 0 amide bonds. The van der Waals surface area contributed by atoms with Crippen molar-refractivity contribution in [1.82, 2.24) is 0 Å². The van der Waals surface area contributed by atoms with Crippen molar-refractivity contribution >= 4 is 0 Å². The molecule has 77 heavy (non-hydrogen) atoms. The zero-order valence-electron chi connectivity index (χ0n) is 63.9. The van der Waals surface area contributed by atoms with Gasteiger partial charge in [-0.05, 0) is 94.2 Å². The average Bonchev–Trinajstić information content (AvgIpc) is 3.30. The SMILES string of the molecule is CC(C)C(C)(C)C.CC(C)CC(C)C.CCC(C)(C)CC.CCCC(C)(C)C.CCCC(C)(C)C.CCCC(C)CC.CCCC(C)CC.CCCCC(C)C.CCCCC(C)C.CCCCCCC.CC[C@H](C)C(C)C. The quantitative estimate of drug-likeness (QED) is 0.0845. The first kappa shape index (κ1) is 102. The topological polar surface area (TPSA) is 0 Å². The van der Waals surface area contributed by atoms with Crippen LogP contribution >= 0.6 is 0 Å². The van der Waals surface area contributed by atoms with Crippen molar-refractivity contribution in [2.24, 2.45) is 74.9 Å². The second kappa shape index (κ2) is 74.0. The molecule has 0 bridgehead atoms. The third-order valence-electron chi connectivity index (χ3n) is 14.8. The lowest BCUT2D eigenvalue weighted by molar-refractivity contribution is 0.283. The number of rotatable bonds is 24. The summed E-state index contributed by atoms with van der Waals surface area (Å²) < 4.78 is 0. The summed E-state index contributed by atoms with van der Waals surface area (Å²) in [6.07, 6.45) is 34.0. The second-order valence-corrected chi connectivity index (χ2v) is 30.4. The van der Waals surface area contributed by atoms with Gasteiger partial charge in [-0.25, -0.2) is 0 Å². The fraction of sp³-hybridized carbons (Fsp3) is 1.00. The first-order chi connectivity index (χ1) is 35.1. The lowest BCUT2D eigenvalue weighted by Crippen LogP contribution is -2.12. The van der Waals surface area contributed by atoms with Gasteiger partial charge in [-0.15, -0.1) is 0 Å². The Labute approximate surface area is 503 Å². The third kappa shape index (κ3) is 154. The van der Waals surface area contributed by atoms with E-state index in [0.29, 0.717) is 21.7 Å². The molecule has 0 fully saturated rings. The molecule has 0 rings (SSSR count). The van der Waals surface area contributed by atoms with Crippen molar-refractivity contribution in [3.8, 4) is 0 Å². The van der Waals surface area contributed by atoms with Gasteiger partial charge in [0.25, 0.3) is 0 Å². The molecule has 2 unspecified atom stereocenters. The van der Waals surface area contributed by atoms with Gasteiger partial charge < -0.3 is 0 Å². The highest BCUT2D eigenvalue weighted by molar-refractivity contribution is 4.64. The van der Waals surface area contributed by atoms with E-state index in [-0.39, 0.29) is 0 Å². The highest BCUT2D eigenvalue weighted by Gasteiger charge is 2.14. The van der Waals surface area contributed by atoms with Crippen molar-refractivity contribution in [2.45, 2.75) is 431 Å². The standard InChI is InChI=1S/11C7H16/c1-6(2)7(3,4)5;1-6(2)5-7(3)4;2*1-5-6-7(2,3)4;1-5-7(3,4)6-2;1-5-7(4)6(2)3;2*1-4-5-6-7(2)3;2*1-4-6-7(3)5-2;1-3-5-7-6-4-2/h6H,1-5H3;6-7H,5H2,1-4H3;3*5-6H2,1-4H3;6-7H,5H2,1-4H3;4*7H,4-6H2,1-3H3;3-7H2,1-2H3/t;;;;;7-;;;;;/m.....0...../s1. The van der Waals surface area contributed by atoms with Gasteiger partial charge in [-0.3, -0.25) is 0 Å². The van der Waals surface area contributed by atoms with Crippen LogP contribution in [0, 0.1) is 74.9 Å². The Morgan fingerprint density at radius 1 is 0.286 bits per heavy atom. The summed E-state index contributed by atoms with van der Waals surface area (Å²) in [5.74, 6) is 8.02. The van der Waals surface area contributed by atoms with Gasteiger partial charge in [0.05, 0.1) is 0 Å². The van der Waals surface area contributed by atoms with Crippen molar-refractivity contribution in [1.29, 1.82) is 0 Å². The summed E-state index contributed by atoms with van der Waals surface area (Å²) in [5, 5.41) is 0. The van der Waals surface area contributed by atoms with Crippen molar-refractivity contribution in [3.63, 3.8) is 0 Å². The van der Waals surface area contributed by atoms with Crippen LogP contribution in [0.5, 0.6) is 0 Å². The second-order valence-electron chi connectivity index (χ2n) is 30.4. The predicted molar refractivity (Wildman–Crippen MR) is 378 cm³/mol. The number of unbranched alkanes of at least 4 members (excludes halogenated alkanes) is 6. The molecule has 0 N–H and O–H groups in total. The number of hydrogen-bond acceptors (Lipinski definition) is 0. The van der Waals surface area contributed by atoms with E-state index < -0.39 is 0 Å². The Morgan fingerprint density at radius 3 is 0.610 bits per heavy atom. The minimum Gasteiger partial charge on any atom is -0.0654 e. The molecule has 0 aliphatic carbocycles. The van der Waals surface area contributed by atoms with Crippen LogP contribution in [0.25, 0.3) is 0 Å². The molecule has 0 aromatic heterocycles. The van der Waals surface area contributed by atoms with E-state index in [4.69, 9.17) is 0 Å². The molecule has 0 saturated carbocycles. The molecule has 0 heteroatoms. The summed E-state index contributed by atoms with van der Waals surface area (Å²) >= 11 is 0. The maximum Gasteiger partial charge on any atom is -0.0359 e. The van der Waals surface area contributed by atoms with Crippen molar-refractivity contribution in [3.05, 3.63) is 0 Å². The van der Waals surface area contributed by atoms with E-state index in [0.717, 1.165) is 53.3 Å². The Morgan fingerprint density at radius 2 is 0.558 bits per heavy atom. The zero-order valence-corrected chi connectivity index (χ0v) is 63.9. The summed E-state index contributed by atoms with van der Waals surface area (Å²) in [4.78, 5) is 0. The van der Waals surface area contributed by atoms with Gasteiger partial charge in [0, 0.05) is 0 Å². The van der Waals surface area contributed by atoms with Gasteiger partial charge in [0.15, 0.2) is 0 Å². The highest BCUT2D eigenvalue weighted by atomic mass is 14.2. The third-order valence-corrected chi connectivity index (χ3v) is 14.8. The molecule has 0 aliphatic heterocycles. The zero-order chi connectivity index (χ0) is 63.9. The van der Waals surface area contributed by atoms with Gasteiger partial charge in [0.1, 0.15) is 0 Å². The molecule has 0 aromatic carbocycles. The first-order valence-corrected chi connectivity index (χ1v) is 35.1. The predicted octanol–water partition coefficient (Wildman–Crippen LogP) is 30.9. The van der Waals surface area contributed by atoms with E-state index in [1.165, 1.54) is 161 Å². The van der Waals surface area contributed by atoms with Crippen LogP contribution < -0.4 is 0 Å². The van der Waals surface area contributed by atoms with Crippen molar-refractivity contribution in [2.75, 3.05) is 0 Å². The molecule has 0 spiro atoms. The molecule has 0 aromatic rings. The molecule has 0 saturated heterocycles. The first-order valence-electron chi connectivity index (χ1n) is 35.1. The Bertz CT molecular complexity index is 846. The van der Waals surface area contributed by atoms with Gasteiger partial charge in [0.2, 0.25) is 0 Å². The molecule has 0 aliphatic rings. The van der Waals surface area contributed by atoms with Gasteiger partial charge in [-0.1, -0.05) is 411 Å². The number of hydrogen-bond donors (Lipinski definition) is 0. The van der Waals surface area contributed by atoms with Crippen LogP contribution in [-0.4, -0.2) is 0 Å². The molecule has 0 heterocycles. The van der Waals surface area contributed by atoms with E-state index >= 15 is 0 Å². The Kier molecular flexibility index (Phi) is 98.1. The van der Waals surface area contributed by atoms with Crippen LogP contribution in [0.1, 0.15) is 431 Å². The van der Waals surface area contributed by atoms with Crippen LogP contribution in [0.2, 0.25) is 0 Å². The summed E-state index contributed by atoms with van der Waals surface area (Å²) in [7, 11) is 0. The summed E-state index contributed by atoms with van der Waals surface area (Å²) in [5.41, 5.74) is 2.18. The molecule has 0 nitrogen and oxygen atoms in total. The lowest BCUT2D eigenvalue weighted by atomic mass is 9.84. The maximum absolute atomic E-state index is 2.31. The minimum absolute atomic E-state index is 0.500. The van der Waals surface area contributed by atoms with Crippen LogP contribution in [-0.2, 0) is 0 Å². The molecular weight excluding hydrogens is 925 g/mol. The minimum atomic E-state index is 0.500. The summed E-state index contributed by atoms with van der Waals surface area (Å²) in [6.45, 7) is 88.3. The molecule has 484 valence electrons. The molecule has 0 radical (unpaired) electrons. The normalized spacial score (nSPS) is 12.1. The van der Waals surface area contributed by atoms with Crippen LogP contribution in [0.4, 0.5) is 0 Å². The fourth-order valence-electron chi connectivity index (χ4n) is 6.46. The summed E-state index contributed by atoms with van der Waals surface area (Å²) in [6, 6.07) is 0. The van der Waals surface area contributed by atoms with E-state index in [2.05, 4.69) is 270 Å². The van der Waals surface area contributed by atoms with Gasteiger partial charge >= 0.3 is 0 Å². The van der Waals surface area contributed by atoms with E-state index in [9.17, 15) is 0 Å². The highest BCUT2D eigenvalue weighted by Crippen LogP contribution is 2.24. The smallest absolute Gasteiger partial charge is 0.0359 e. The Hall–Kier alpha value is 0. The fourth-order valence-corrected chi connectivity index (χ4v) is 6.46.